The molecule has 0 bridgehead atoms. The Morgan fingerprint density at radius 2 is 2.10 bits per heavy atom. The third-order valence-electron chi connectivity index (χ3n) is 3.78. The number of fused-ring (bicyclic) bond motifs is 1. The summed E-state index contributed by atoms with van der Waals surface area (Å²) in [4.78, 5) is 13.0. The van der Waals surface area contributed by atoms with Crippen LogP contribution in [0.15, 0.2) is 35.1 Å². The van der Waals surface area contributed by atoms with Gasteiger partial charge in [-0.15, -0.1) is 0 Å². The van der Waals surface area contributed by atoms with Gasteiger partial charge in [-0.25, -0.2) is 0 Å². The molecule has 0 amide bonds. The molecule has 1 fully saturated rings. The largest absolute Gasteiger partial charge is 0.339 e. The molecular formula is C15H15N5O. The first kappa shape index (κ1) is 12.4. The first-order valence-electron chi connectivity index (χ1n) is 7.15. The molecule has 4 rings (SSSR count). The fraction of sp³-hybridized carbons (Fsp3) is 0.333. The lowest BCUT2D eigenvalue weighted by Gasteiger charge is -2.04. The predicted molar refractivity (Wildman–Crippen MR) is 77.6 cm³/mol. The second-order valence-corrected chi connectivity index (χ2v) is 5.27. The third kappa shape index (κ3) is 2.50. The van der Waals surface area contributed by atoms with Crippen LogP contribution in [0.1, 0.15) is 18.7 Å². The van der Waals surface area contributed by atoms with Crippen molar-refractivity contribution in [2.75, 3.05) is 6.54 Å². The number of aromatic nitrogens is 4. The summed E-state index contributed by atoms with van der Waals surface area (Å²) in [6, 6.07) is 6.26. The lowest BCUT2D eigenvalue weighted by molar-refractivity contribution is 0.364. The van der Waals surface area contributed by atoms with E-state index in [9.17, 15) is 0 Å². The Labute approximate surface area is 121 Å². The molecule has 1 atom stereocenters. The van der Waals surface area contributed by atoms with Gasteiger partial charge in [0, 0.05) is 30.4 Å². The lowest BCUT2D eigenvalue weighted by Crippen LogP contribution is -2.23. The molecule has 0 saturated carbocycles. The van der Waals surface area contributed by atoms with E-state index in [0.717, 1.165) is 29.6 Å². The Hall–Kier alpha value is -2.34. The number of nitrogens with zero attached hydrogens (tertiary/aromatic N) is 4. The van der Waals surface area contributed by atoms with Gasteiger partial charge < -0.3 is 9.84 Å². The molecule has 1 saturated heterocycles. The van der Waals surface area contributed by atoms with Crippen molar-refractivity contribution >= 4 is 11.0 Å². The molecule has 6 nitrogen and oxygen atoms in total. The molecule has 1 N–H and O–H groups in total. The number of nitrogens with one attached hydrogen (secondary N) is 1. The van der Waals surface area contributed by atoms with E-state index < -0.39 is 0 Å². The first-order chi connectivity index (χ1) is 10.4. The Kier molecular flexibility index (Phi) is 3.08. The maximum absolute atomic E-state index is 5.36. The van der Waals surface area contributed by atoms with Crippen molar-refractivity contribution in [3.05, 3.63) is 36.5 Å². The third-order valence-corrected chi connectivity index (χ3v) is 3.78. The highest BCUT2D eigenvalue weighted by Crippen LogP contribution is 2.20. The fourth-order valence-electron chi connectivity index (χ4n) is 2.70. The Balaban J connectivity index is 1.61. The Morgan fingerprint density at radius 1 is 1.19 bits per heavy atom. The Morgan fingerprint density at radius 3 is 2.95 bits per heavy atom. The molecule has 21 heavy (non-hydrogen) atoms. The number of hydrogen-bond acceptors (Lipinski definition) is 6. The molecule has 3 aromatic rings. The van der Waals surface area contributed by atoms with Gasteiger partial charge in [0.2, 0.25) is 11.7 Å². The van der Waals surface area contributed by atoms with Crippen molar-refractivity contribution in [3.63, 3.8) is 0 Å². The predicted octanol–water partition coefficient (Wildman–Crippen LogP) is 1.97. The zero-order chi connectivity index (χ0) is 14.1. The van der Waals surface area contributed by atoms with E-state index in [1.807, 2.05) is 18.2 Å². The zero-order valence-electron chi connectivity index (χ0n) is 11.5. The van der Waals surface area contributed by atoms with E-state index in [4.69, 9.17) is 4.52 Å². The van der Waals surface area contributed by atoms with Gasteiger partial charge in [0.05, 0.1) is 11.0 Å². The van der Waals surface area contributed by atoms with Crippen LogP contribution in [0.5, 0.6) is 0 Å². The van der Waals surface area contributed by atoms with Crippen LogP contribution in [0.2, 0.25) is 0 Å². The van der Waals surface area contributed by atoms with Crippen LogP contribution in [0.4, 0.5) is 0 Å². The molecule has 1 aromatic carbocycles. The fourth-order valence-corrected chi connectivity index (χ4v) is 2.70. The molecule has 1 unspecified atom stereocenters. The number of rotatable bonds is 3. The van der Waals surface area contributed by atoms with Crippen LogP contribution >= 0.6 is 0 Å². The summed E-state index contributed by atoms with van der Waals surface area (Å²) in [5.41, 5.74) is 2.59. The molecule has 6 heteroatoms. The van der Waals surface area contributed by atoms with E-state index in [1.54, 1.807) is 12.4 Å². The van der Waals surface area contributed by atoms with Crippen LogP contribution < -0.4 is 5.32 Å². The summed E-state index contributed by atoms with van der Waals surface area (Å²) in [5, 5.41) is 7.51. The minimum absolute atomic E-state index is 0.459. The lowest BCUT2D eigenvalue weighted by atomic mass is 10.1. The molecule has 2 aromatic heterocycles. The smallest absolute Gasteiger partial charge is 0.228 e. The minimum Gasteiger partial charge on any atom is -0.339 e. The van der Waals surface area contributed by atoms with E-state index in [0.29, 0.717) is 17.8 Å². The van der Waals surface area contributed by atoms with Crippen molar-refractivity contribution < 1.29 is 4.52 Å². The van der Waals surface area contributed by atoms with Gasteiger partial charge in [0.15, 0.2) is 0 Å². The summed E-state index contributed by atoms with van der Waals surface area (Å²) >= 11 is 0. The van der Waals surface area contributed by atoms with Gasteiger partial charge in [0.1, 0.15) is 0 Å². The summed E-state index contributed by atoms with van der Waals surface area (Å²) in [5.74, 6) is 1.29. The topological polar surface area (TPSA) is 76.7 Å². The van der Waals surface area contributed by atoms with Crippen LogP contribution in [-0.4, -0.2) is 32.7 Å². The standard InChI is InChI=1S/C15H15N5O/c1-2-11(16-5-1)9-14-19-15(20-21-14)10-3-4-12-13(8-10)18-7-6-17-12/h3-4,6-8,11,16H,1-2,5,9H2. The molecule has 106 valence electrons. The molecule has 3 heterocycles. The van der Waals surface area contributed by atoms with Gasteiger partial charge in [-0.2, -0.15) is 4.98 Å². The van der Waals surface area contributed by atoms with Gasteiger partial charge >= 0.3 is 0 Å². The van der Waals surface area contributed by atoms with Crippen LogP contribution in [-0.2, 0) is 6.42 Å². The molecule has 0 aliphatic carbocycles. The minimum atomic E-state index is 0.459. The monoisotopic (exact) mass is 281 g/mol. The molecule has 0 spiro atoms. The second-order valence-electron chi connectivity index (χ2n) is 5.27. The highest BCUT2D eigenvalue weighted by atomic mass is 16.5. The second kappa shape index (κ2) is 5.21. The van der Waals surface area contributed by atoms with Crippen LogP contribution in [0, 0.1) is 0 Å². The summed E-state index contributed by atoms with van der Waals surface area (Å²) < 4.78 is 5.36. The van der Waals surface area contributed by atoms with E-state index in [2.05, 4.69) is 25.4 Å². The van der Waals surface area contributed by atoms with Gasteiger partial charge in [0.25, 0.3) is 0 Å². The van der Waals surface area contributed by atoms with Crippen LogP contribution in [0.3, 0.4) is 0 Å². The number of hydrogen-bond donors (Lipinski definition) is 1. The molecule has 1 aliphatic heterocycles. The average Bonchev–Trinajstić information content (AvgIpc) is 3.19. The average molecular weight is 281 g/mol. The Bertz CT molecular complexity index is 763. The summed E-state index contributed by atoms with van der Waals surface area (Å²) in [7, 11) is 0. The van der Waals surface area contributed by atoms with Crippen molar-refractivity contribution in [3.8, 4) is 11.4 Å². The van der Waals surface area contributed by atoms with Crippen molar-refractivity contribution in [2.24, 2.45) is 0 Å². The van der Waals surface area contributed by atoms with Crippen molar-refractivity contribution in [1.29, 1.82) is 0 Å². The molecule has 1 aliphatic rings. The van der Waals surface area contributed by atoms with E-state index in [-0.39, 0.29) is 0 Å². The van der Waals surface area contributed by atoms with Crippen molar-refractivity contribution in [2.45, 2.75) is 25.3 Å². The molecule has 0 radical (unpaired) electrons. The zero-order valence-corrected chi connectivity index (χ0v) is 11.5. The summed E-state index contributed by atoms with van der Waals surface area (Å²) in [6.07, 6.45) is 6.54. The highest BCUT2D eigenvalue weighted by molar-refractivity contribution is 5.79. The normalized spacial score (nSPS) is 18.4. The van der Waals surface area contributed by atoms with E-state index in [1.165, 1.54) is 12.8 Å². The van der Waals surface area contributed by atoms with Crippen molar-refractivity contribution in [1.82, 2.24) is 25.4 Å². The SMILES string of the molecule is c1cnc2cc(-c3noc(CC4CCCN4)n3)ccc2n1. The van der Waals surface area contributed by atoms with E-state index >= 15 is 0 Å². The highest BCUT2D eigenvalue weighted by Gasteiger charge is 2.18. The van der Waals surface area contributed by atoms with Gasteiger partial charge in [-0.3, -0.25) is 9.97 Å². The van der Waals surface area contributed by atoms with Gasteiger partial charge in [-0.05, 0) is 37.6 Å². The number of benzene rings is 1. The summed E-state index contributed by atoms with van der Waals surface area (Å²) in [6.45, 7) is 1.08. The maximum atomic E-state index is 5.36. The van der Waals surface area contributed by atoms with Gasteiger partial charge in [-0.1, -0.05) is 5.16 Å². The molecular weight excluding hydrogens is 266 g/mol. The first-order valence-corrected chi connectivity index (χ1v) is 7.15. The maximum Gasteiger partial charge on any atom is 0.228 e. The van der Waals surface area contributed by atoms with Crippen LogP contribution in [0.25, 0.3) is 22.4 Å². The quantitative estimate of drug-likeness (QED) is 0.791.